The van der Waals surface area contributed by atoms with Gasteiger partial charge in [0.1, 0.15) is 23.6 Å². The molecule has 0 aromatic carbocycles. The number of carbonyl (C=O) groups is 2. The number of allylic oxidation sites excluding steroid dienone is 4. The maximum Gasteiger partial charge on any atom is 0.167 e. The summed E-state index contributed by atoms with van der Waals surface area (Å²) < 4.78 is 0. The molecule has 6 aliphatic rings. The van der Waals surface area contributed by atoms with Gasteiger partial charge in [-0.25, -0.2) is 9.98 Å². The first kappa shape index (κ1) is 13.3. The second kappa shape index (κ2) is 4.14. The van der Waals surface area contributed by atoms with Gasteiger partial charge in [-0.1, -0.05) is 11.6 Å². The zero-order valence-corrected chi connectivity index (χ0v) is 13.4. The highest BCUT2D eigenvalue weighted by molar-refractivity contribution is 6.17. The van der Waals surface area contributed by atoms with Crippen molar-refractivity contribution in [3.63, 3.8) is 0 Å². The average Bonchev–Trinajstić information content (AvgIpc) is 3.24. The first-order valence-corrected chi connectivity index (χ1v) is 8.48. The molecule has 6 heteroatoms. The largest absolute Gasteiger partial charge is 0.346 e. The second-order valence-electron chi connectivity index (χ2n) is 7.11. The molecule has 0 amide bonds. The summed E-state index contributed by atoms with van der Waals surface area (Å²) in [6.07, 6.45) is 11.3. The van der Waals surface area contributed by atoms with Crippen molar-refractivity contribution < 1.29 is 9.59 Å². The standard InChI is InChI=1S/C19H14N4O2/c24-11-7-10-1-2-13(25)14-15(10)19(8-11)4-3-12-16(22-9-21-12)17(19)23-6-5-20-18(14)23/h3-6,9,20H,1-2,7-8H2. The highest BCUT2D eigenvalue weighted by Gasteiger charge is 2.55. The molecule has 0 fully saturated rings. The molecule has 3 aliphatic carbocycles. The van der Waals surface area contributed by atoms with Gasteiger partial charge in [0.25, 0.3) is 0 Å². The first-order chi connectivity index (χ1) is 12.2. The Bertz CT molecular complexity index is 1020. The van der Waals surface area contributed by atoms with Gasteiger partial charge in [0, 0.05) is 31.7 Å². The lowest BCUT2D eigenvalue weighted by molar-refractivity contribution is -0.121. The van der Waals surface area contributed by atoms with E-state index in [9.17, 15) is 9.59 Å². The number of Topliss-reactive ketones (excluding diaryl/α,β-unsaturated/α-hetero) is 2. The van der Waals surface area contributed by atoms with Gasteiger partial charge in [-0.15, -0.1) is 0 Å². The Morgan fingerprint density at radius 2 is 2.16 bits per heavy atom. The Hall–Kier alpha value is -3.02. The van der Waals surface area contributed by atoms with E-state index in [1.807, 2.05) is 23.4 Å². The quantitative estimate of drug-likeness (QED) is 0.736. The predicted molar refractivity (Wildman–Crippen MR) is 91.2 cm³/mol. The van der Waals surface area contributed by atoms with E-state index in [1.165, 1.54) is 0 Å². The van der Waals surface area contributed by atoms with E-state index in [4.69, 9.17) is 0 Å². The molecule has 0 saturated heterocycles. The number of nitrogens with zero attached hydrogens (tertiary/aromatic N) is 3. The lowest BCUT2D eigenvalue weighted by atomic mass is 9.58. The Morgan fingerprint density at radius 1 is 1.24 bits per heavy atom. The van der Waals surface area contributed by atoms with Crippen LogP contribution in [0.5, 0.6) is 0 Å². The maximum absolute atomic E-state index is 12.8. The van der Waals surface area contributed by atoms with Crippen molar-refractivity contribution in [1.82, 2.24) is 10.2 Å². The third kappa shape index (κ3) is 1.42. The van der Waals surface area contributed by atoms with Crippen molar-refractivity contribution in [1.29, 1.82) is 0 Å². The normalized spacial score (nSPS) is 31.2. The van der Waals surface area contributed by atoms with E-state index in [0.29, 0.717) is 25.7 Å². The fraction of sp³-hybridized carbons (Fsp3) is 0.263. The van der Waals surface area contributed by atoms with E-state index in [1.54, 1.807) is 6.34 Å². The minimum Gasteiger partial charge on any atom is -0.346 e. The van der Waals surface area contributed by atoms with Crippen LogP contribution >= 0.6 is 0 Å². The summed E-state index contributed by atoms with van der Waals surface area (Å²) in [5, 5.41) is 3.23. The Labute approximate surface area is 143 Å². The molecule has 0 saturated carbocycles. The van der Waals surface area contributed by atoms with E-state index in [-0.39, 0.29) is 11.6 Å². The van der Waals surface area contributed by atoms with Gasteiger partial charge in [0.05, 0.1) is 22.4 Å². The minimum atomic E-state index is -0.605. The summed E-state index contributed by atoms with van der Waals surface area (Å²) in [6, 6.07) is 0. The number of carbonyl (C=O) groups excluding carboxylic acids is 2. The maximum atomic E-state index is 12.8. The van der Waals surface area contributed by atoms with Crippen LogP contribution in [0, 0.1) is 5.41 Å². The topological polar surface area (TPSA) is 74.1 Å². The molecule has 6 rings (SSSR count). The summed E-state index contributed by atoms with van der Waals surface area (Å²) in [5.74, 6) is 1.16. The van der Waals surface area contributed by atoms with Crippen molar-refractivity contribution in [2.24, 2.45) is 15.4 Å². The molecule has 1 atom stereocenters. The van der Waals surface area contributed by atoms with Crippen LogP contribution in [0.4, 0.5) is 0 Å². The molecule has 122 valence electrons. The van der Waals surface area contributed by atoms with Crippen LogP contribution in [0.25, 0.3) is 0 Å². The summed E-state index contributed by atoms with van der Waals surface area (Å²) in [6.45, 7) is 0. The number of fused-ring (bicyclic) bond motifs is 3. The van der Waals surface area contributed by atoms with Crippen molar-refractivity contribution in [3.05, 3.63) is 58.5 Å². The van der Waals surface area contributed by atoms with Crippen molar-refractivity contribution in [2.75, 3.05) is 0 Å². The molecular formula is C19H14N4O2. The highest BCUT2D eigenvalue weighted by Crippen LogP contribution is 2.59. The van der Waals surface area contributed by atoms with Crippen molar-refractivity contribution in [3.8, 4) is 0 Å². The Kier molecular flexibility index (Phi) is 2.20. The highest BCUT2D eigenvalue weighted by atomic mass is 16.1. The van der Waals surface area contributed by atoms with Gasteiger partial charge in [-0.2, -0.15) is 0 Å². The molecule has 1 spiro atoms. The third-order valence-corrected chi connectivity index (χ3v) is 5.83. The minimum absolute atomic E-state index is 0.149. The van der Waals surface area contributed by atoms with Crippen LogP contribution in [0.2, 0.25) is 0 Å². The van der Waals surface area contributed by atoms with E-state index in [2.05, 4.69) is 21.4 Å². The van der Waals surface area contributed by atoms with Crippen LogP contribution in [-0.2, 0) is 9.59 Å². The molecule has 1 N–H and O–H groups in total. The summed E-state index contributed by atoms with van der Waals surface area (Å²) in [5.41, 5.74) is 4.83. The number of rotatable bonds is 0. The number of nitrogens with one attached hydrogen (secondary N) is 1. The van der Waals surface area contributed by atoms with Crippen LogP contribution in [-0.4, -0.2) is 28.5 Å². The molecular weight excluding hydrogens is 316 g/mol. The Morgan fingerprint density at radius 3 is 3.08 bits per heavy atom. The molecule has 0 radical (unpaired) electrons. The molecule has 0 aromatic rings. The number of ketones is 2. The van der Waals surface area contributed by atoms with E-state index < -0.39 is 5.41 Å². The SMILES string of the molecule is O=C1CC2=C3C(=C4NC=CN4C4=C5N=CN=C5C=CC34C1)C(=O)CC2. The van der Waals surface area contributed by atoms with Gasteiger partial charge in [-0.3, -0.25) is 9.59 Å². The average molecular weight is 330 g/mol. The number of hydrogen-bond donors (Lipinski definition) is 1. The predicted octanol–water partition coefficient (Wildman–Crippen LogP) is 1.86. The van der Waals surface area contributed by atoms with Crippen LogP contribution in [0.3, 0.4) is 0 Å². The zero-order valence-electron chi connectivity index (χ0n) is 13.4. The van der Waals surface area contributed by atoms with Crippen LogP contribution in [0.15, 0.2) is 68.5 Å². The van der Waals surface area contributed by atoms with Crippen molar-refractivity contribution in [2.45, 2.75) is 25.7 Å². The Balaban J connectivity index is 1.78. The lowest BCUT2D eigenvalue weighted by Gasteiger charge is -2.50. The van der Waals surface area contributed by atoms with Gasteiger partial charge in [0.15, 0.2) is 5.78 Å². The van der Waals surface area contributed by atoms with Crippen molar-refractivity contribution >= 4 is 23.6 Å². The van der Waals surface area contributed by atoms with Gasteiger partial charge < -0.3 is 10.2 Å². The zero-order chi connectivity index (χ0) is 16.8. The summed E-state index contributed by atoms with van der Waals surface area (Å²) in [4.78, 5) is 36.2. The first-order valence-electron chi connectivity index (χ1n) is 8.48. The van der Waals surface area contributed by atoms with Crippen LogP contribution in [0.1, 0.15) is 25.7 Å². The molecule has 25 heavy (non-hydrogen) atoms. The smallest absolute Gasteiger partial charge is 0.167 e. The monoisotopic (exact) mass is 330 g/mol. The fourth-order valence-corrected chi connectivity index (χ4v) is 4.98. The molecule has 1 unspecified atom stereocenters. The van der Waals surface area contributed by atoms with Gasteiger partial charge in [-0.05, 0) is 18.1 Å². The third-order valence-electron chi connectivity index (χ3n) is 5.83. The van der Waals surface area contributed by atoms with E-state index in [0.717, 1.165) is 39.6 Å². The molecule has 3 heterocycles. The lowest BCUT2D eigenvalue weighted by Crippen LogP contribution is -2.47. The summed E-state index contributed by atoms with van der Waals surface area (Å²) in [7, 11) is 0. The van der Waals surface area contributed by atoms with E-state index >= 15 is 0 Å². The second-order valence-corrected chi connectivity index (χ2v) is 7.11. The molecule has 0 aromatic heterocycles. The summed E-state index contributed by atoms with van der Waals surface area (Å²) >= 11 is 0. The fourth-order valence-electron chi connectivity index (χ4n) is 4.98. The van der Waals surface area contributed by atoms with Crippen LogP contribution < -0.4 is 5.32 Å². The number of aliphatic imine (C=N–C) groups is 2. The number of hydrogen-bond acceptors (Lipinski definition) is 6. The van der Waals surface area contributed by atoms with Gasteiger partial charge in [0.2, 0.25) is 0 Å². The van der Waals surface area contributed by atoms with Gasteiger partial charge >= 0.3 is 0 Å². The molecule has 3 aliphatic heterocycles. The molecule has 6 nitrogen and oxygen atoms in total. The molecule has 0 bridgehead atoms.